The fourth-order valence-electron chi connectivity index (χ4n) is 3.00. The van der Waals surface area contributed by atoms with E-state index in [2.05, 4.69) is 0 Å². The molecule has 4 rings (SSSR count). The predicted octanol–water partition coefficient (Wildman–Crippen LogP) is 5.47. The van der Waals surface area contributed by atoms with Crippen molar-refractivity contribution in [3.05, 3.63) is 102 Å². The number of amides is 1. The van der Waals surface area contributed by atoms with Crippen molar-refractivity contribution >= 4 is 23.2 Å². The van der Waals surface area contributed by atoms with E-state index in [-0.39, 0.29) is 5.91 Å². The van der Waals surface area contributed by atoms with Crippen LogP contribution in [-0.4, -0.2) is 22.7 Å². The molecule has 28 heavy (non-hydrogen) atoms. The van der Waals surface area contributed by atoms with Crippen molar-refractivity contribution in [2.75, 3.05) is 11.9 Å². The Bertz CT molecular complexity index is 1090. The maximum atomic E-state index is 13.3. The van der Waals surface area contributed by atoms with Crippen molar-refractivity contribution in [1.29, 1.82) is 0 Å². The highest BCUT2D eigenvalue weighted by atomic mass is 35.5. The molecule has 1 heterocycles. The zero-order valence-electron chi connectivity index (χ0n) is 15.3. The summed E-state index contributed by atoms with van der Waals surface area (Å²) in [5, 5.41) is 5.36. The minimum absolute atomic E-state index is 0.136. The van der Waals surface area contributed by atoms with Gasteiger partial charge in [0, 0.05) is 23.3 Å². The molecule has 0 unspecified atom stereocenters. The Labute approximate surface area is 168 Å². The van der Waals surface area contributed by atoms with Gasteiger partial charge in [-0.15, -0.1) is 0 Å². The first-order valence-corrected chi connectivity index (χ1v) is 9.26. The van der Waals surface area contributed by atoms with Crippen LogP contribution < -0.4 is 4.90 Å². The fourth-order valence-corrected chi connectivity index (χ4v) is 3.13. The molecule has 0 spiro atoms. The molecule has 4 nitrogen and oxygen atoms in total. The summed E-state index contributed by atoms with van der Waals surface area (Å²) < 4.78 is 1.69. The third kappa shape index (κ3) is 3.55. The summed E-state index contributed by atoms with van der Waals surface area (Å²) >= 11 is 6.00. The molecule has 1 aromatic heterocycles. The molecular weight excluding hydrogens is 370 g/mol. The summed E-state index contributed by atoms with van der Waals surface area (Å²) in [6.45, 7) is 0. The quantitative estimate of drug-likeness (QED) is 0.465. The molecule has 0 N–H and O–H groups in total. The maximum Gasteiger partial charge on any atom is 0.276 e. The second kappa shape index (κ2) is 7.71. The van der Waals surface area contributed by atoms with Gasteiger partial charge in [-0.1, -0.05) is 60.1 Å². The van der Waals surface area contributed by atoms with E-state index in [4.69, 9.17) is 16.7 Å². The maximum absolute atomic E-state index is 13.3. The molecule has 0 bridgehead atoms. The number of rotatable bonds is 4. The number of benzene rings is 3. The third-order valence-corrected chi connectivity index (χ3v) is 4.77. The van der Waals surface area contributed by atoms with E-state index in [0.717, 1.165) is 16.9 Å². The lowest BCUT2D eigenvalue weighted by Crippen LogP contribution is -2.28. The van der Waals surface area contributed by atoms with Crippen LogP contribution in [0.1, 0.15) is 10.5 Å². The minimum Gasteiger partial charge on any atom is -0.310 e. The third-order valence-electron chi connectivity index (χ3n) is 4.52. The number of halogens is 1. The van der Waals surface area contributed by atoms with Gasteiger partial charge in [-0.3, -0.25) is 4.79 Å². The van der Waals surface area contributed by atoms with Crippen molar-refractivity contribution in [2.24, 2.45) is 0 Å². The Morgan fingerprint density at radius 2 is 1.50 bits per heavy atom. The van der Waals surface area contributed by atoms with E-state index >= 15 is 0 Å². The average Bonchev–Trinajstić information content (AvgIpc) is 3.20. The molecule has 0 aliphatic heterocycles. The van der Waals surface area contributed by atoms with Gasteiger partial charge < -0.3 is 4.90 Å². The van der Waals surface area contributed by atoms with Crippen molar-refractivity contribution in [3.63, 3.8) is 0 Å². The van der Waals surface area contributed by atoms with Crippen LogP contribution in [0.25, 0.3) is 16.9 Å². The minimum atomic E-state index is -0.136. The zero-order chi connectivity index (χ0) is 19.5. The van der Waals surface area contributed by atoms with Crippen LogP contribution in [0.3, 0.4) is 0 Å². The molecule has 0 atom stereocenters. The van der Waals surface area contributed by atoms with E-state index in [1.54, 1.807) is 16.6 Å². The van der Waals surface area contributed by atoms with Crippen LogP contribution in [0.4, 0.5) is 5.69 Å². The summed E-state index contributed by atoms with van der Waals surface area (Å²) in [6, 6.07) is 28.4. The highest BCUT2D eigenvalue weighted by Crippen LogP contribution is 2.25. The summed E-state index contributed by atoms with van der Waals surface area (Å²) in [5.41, 5.74) is 3.75. The molecule has 0 radical (unpaired) electrons. The summed E-state index contributed by atoms with van der Waals surface area (Å²) in [6.07, 6.45) is 0. The van der Waals surface area contributed by atoms with Crippen molar-refractivity contribution in [3.8, 4) is 16.9 Å². The highest BCUT2D eigenvalue weighted by Gasteiger charge is 2.21. The van der Waals surface area contributed by atoms with Gasteiger partial charge in [-0.25, -0.2) is 4.68 Å². The lowest BCUT2D eigenvalue weighted by Gasteiger charge is -2.17. The zero-order valence-corrected chi connectivity index (χ0v) is 16.0. The largest absolute Gasteiger partial charge is 0.310 e. The number of carbonyl (C=O) groups excluding carboxylic acids is 1. The van der Waals surface area contributed by atoms with Crippen LogP contribution in [-0.2, 0) is 0 Å². The molecule has 0 aliphatic rings. The molecule has 0 aliphatic carbocycles. The van der Waals surface area contributed by atoms with Gasteiger partial charge in [0.1, 0.15) is 5.69 Å². The number of para-hydroxylation sites is 2. The number of nitrogens with zero attached hydrogens (tertiary/aromatic N) is 3. The lowest BCUT2D eigenvalue weighted by atomic mass is 10.1. The highest BCUT2D eigenvalue weighted by molar-refractivity contribution is 6.30. The second-order valence-electron chi connectivity index (χ2n) is 6.37. The van der Waals surface area contributed by atoms with Crippen molar-refractivity contribution in [1.82, 2.24) is 9.78 Å². The van der Waals surface area contributed by atoms with E-state index in [0.29, 0.717) is 16.4 Å². The van der Waals surface area contributed by atoms with Crippen LogP contribution in [0, 0.1) is 0 Å². The standard InChI is InChI=1S/C23H18ClN3O/c1-26(19-8-4-2-5-9-19)23(28)22-16-21(17-12-14-18(24)15-13-17)25-27(22)20-10-6-3-7-11-20/h2-16H,1H3. The molecule has 0 saturated heterocycles. The smallest absolute Gasteiger partial charge is 0.276 e. The van der Waals surface area contributed by atoms with E-state index in [1.165, 1.54) is 0 Å². The predicted molar refractivity (Wildman–Crippen MR) is 113 cm³/mol. The van der Waals surface area contributed by atoms with Gasteiger partial charge in [0.2, 0.25) is 0 Å². The van der Waals surface area contributed by atoms with Crippen LogP contribution in [0.15, 0.2) is 91.0 Å². The summed E-state index contributed by atoms with van der Waals surface area (Å²) in [4.78, 5) is 14.9. The molecule has 5 heteroatoms. The first kappa shape index (κ1) is 18.0. The second-order valence-corrected chi connectivity index (χ2v) is 6.81. The van der Waals surface area contributed by atoms with E-state index in [9.17, 15) is 4.79 Å². The molecule has 138 valence electrons. The van der Waals surface area contributed by atoms with Gasteiger partial charge in [0.05, 0.1) is 11.4 Å². The van der Waals surface area contributed by atoms with Gasteiger partial charge >= 0.3 is 0 Å². The Balaban J connectivity index is 1.80. The molecule has 1 amide bonds. The summed E-state index contributed by atoms with van der Waals surface area (Å²) in [7, 11) is 1.77. The lowest BCUT2D eigenvalue weighted by molar-refractivity contribution is 0.0985. The molecule has 4 aromatic rings. The first-order valence-electron chi connectivity index (χ1n) is 8.88. The van der Waals surface area contributed by atoms with Crippen LogP contribution in [0.5, 0.6) is 0 Å². The molecule has 3 aromatic carbocycles. The first-order chi connectivity index (χ1) is 13.6. The van der Waals surface area contributed by atoms with Crippen molar-refractivity contribution in [2.45, 2.75) is 0 Å². The van der Waals surface area contributed by atoms with Gasteiger partial charge in [-0.2, -0.15) is 5.10 Å². The SMILES string of the molecule is CN(C(=O)c1cc(-c2ccc(Cl)cc2)nn1-c1ccccc1)c1ccccc1. The number of anilines is 1. The topological polar surface area (TPSA) is 38.1 Å². The summed E-state index contributed by atoms with van der Waals surface area (Å²) in [5.74, 6) is -0.136. The van der Waals surface area contributed by atoms with Gasteiger partial charge in [-0.05, 0) is 42.5 Å². The van der Waals surface area contributed by atoms with E-state index < -0.39 is 0 Å². The number of hydrogen-bond acceptors (Lipinski definition) is 2. The Morgan fingerprint density at radius 1 is 0.893 bits per heavy atom. The van der Waals surface area contributed by atoms with Gasteiger partial charge in [0.25, 0.3) is 5.91 Å². The Morgan fingerprint density at radius 3 is 2.14 bits per heavy atom. The number of carbonyl (C=O) groups is 1. The molecule has 0 saturated carbocycles. The molecular formula is C23H18ClN3O. The fraction of sp³-hybridized carbons (Fsp3) is 0.0435. The average molecular weight is 388 g/mol. The Hall–Kier alpha value is -3.37. The van der Waals surface area contributed by atoms with Crippen molar-refractivity contribution < 1.29 is 4.79 Å². The monoisotopic (exact) mass is 387 g/mol. The van der Waals surface area contributed by atoms with E-state index in [1.807, 2.05) is 91.0 Å². The number of hydrogen-bond donors (Lipinski definition) is 0. The normalized spacial score (nSPS) is 10.6. The van der Waals surface area contributed by atoms with Gasteiger partial charge in [0.15, 0.2) is 0 Å². The van der Waals surface area contributed by atoms with Crippen LogP contribution >= 0.6 is 11.6 Å². The van der Waals surface area contributed by atoms with Crippen LogP contribution in [0.2, 0.25) is 5.02 Å². The Kier molecular flexibility index (Phi) is 4.96. The molecule has 0 fully saturated rings. The number of aromatic nitrogens is 2.